The minimum atomic E-state index is -0.0554. The van der Waals surface area contributed by atoms with E-state index >= 15 is 0 Å². The lowest BCUT2D eigenvalue weighted by Crippen LogP contribution is -2.02. The number of carbonyl (C=O) groups is 2. The zero-order chi connectivity index (χ0) is 12.1. The number of amides is 1. The first-order valence-corrected chi connectivity index (χ1v) is 5.21. The Hall–Kier alpha value is -2.42. The number of hydrogen-bond donors (Lipinski definition) is 1. The molecule has 0 spiro atoms. The quantitative estimate of drug-likeness (QED) is 0.641. The fourth-order valence-electron chi connectivity index (χ4n) is 1.57. The largest absolute Gasteiger partial charge is 0.329 e. The van der Waals surface area contributed by atoms with Gasteiger partial charge in [-0.3, -0.25) is 9.59 Å². The van der Waals surface area contributed by atoms with Crippen molar-refractivity contribution in [1.29, 1.82) is 0 Å². The standard InChI is InChI=1S/C14H11NO2/c16-10-15-13-8-4-7-12(9-13)14(17)11-5-2-1-3-6-11/h1-10H,(H,15,16). The molecule has 0 radical (unpaired) electrons. The number of nitrogens with one attached hydrogen (secondary N) is 1. The molecule has 1 amide bonds. The van der Waals surface area contributed by atoms with Gasteiger partial charge in [0.25, 0.3) is 0 Å². The summed E-state index contributed by atoms with van der Waals surface area (Å²) in [5.74, 6) is -0.0554. The van der Waals surface area contributed by atoms with Gasteiger partial charge in [-0.15, -0.1) is 0 Å². The molecule has 0 aliphatic rings. The number of ketones is 1. The monoisotopic (exact) mass is 225 g/mol. The van der Waals surface area contributed by atoms with Crippen molar-refractivity contribution < 1.29 is 9.59 Å². The third-order valence-electron chi connectivity index (χ3n) is 2.39. The van der Waals surface area contributed by atoms with Gasteiger partial charge in [-0.05, 0) is 12.1 Å². The molecule has 0 unspecified atom stereocenters. The van der Waals surface area contributed by atoms with Crippen LogP contribution in [0, 0.1) is 0 Å². The third kappa shape index (κ3) is 2.58. The van der Waals surface area contributed by atoms with Gasteiger partial charge in [0.05, 0.1) is 0 Å². The summed E-state index contributed by atoms with van der Waals surface area (Å²) < 4.78 is 0. The number of anilines is 1. The molecule has 17 heavy (non-hydrogen) atoms. The zero-order valence-corrected chi connectivity index (χ0v) is 9.09. The Morgan fingerprint density at radius 2 is 1.65 bits per heavy atom. The summed E-state index contributed by atoms with van der Waals surface area (Å²) in [6.07, 6.45) is 0.589. The van der Waals surface area contributed by atoms with E-state index in [9.17, 15) is 9.59 Å². The smallest absolute Gasteiger partial charge is 0.211 e. The summed E-state index contributed by atoms with van der Waals surface area (Å²) in [5, 5.41) is 2.52. The lowest BCUT2D eigenvalue weighted by Gasteiger charge is -2.03. The molecular weight excluding hydrogens is 214 g/mol. The lowest BCUT2D eigenvalue weighted by molar-refractivity contribution is -0.105. The summed E-state index contributed by atoms with van der Waals surface area (Å²) in [4.78, 5) is 22.4. The topological polar surface area (TPSA) is 46.2 Å². The Balaban J connectivity index is 2.31. The van der Waals surface area contributed by atoms with Crippen LogP contribution in [0.15, 0.2) is 54.6 Å². The fourth-order valence-corrected chi connectivity index (χ4v) is 1.57. The number of benzene rings is 2. The van der Waals surface area contributed by atoms with E-state index in [-0.39, 0.29) is 5.78 Å². The van der Waals surface area contributed by atoms with E-state index in [0.29, 0.717) is 23.2 Å². The normalized spacial score (nSPS) is 9.65. The molecule has 0 heterocycles. The summed E-state index contributed by atoms with van der Waals surface area (Å²) in [7, 11) is 0. The summed E-state index contributed by atoms with van der Waals surface area (Å²) in [6, 6.07) is 15.9. The molecule has 2 aromatic carbocycles. The van der Waals surface area contributed by atoms with Gasteiger partial charge in [0.1, 0.15) is 0 Å². The Kier molecular flexibility index (Phi) is 3.31. The van der Waals surface area contributed by atoms with Crippen molar-refractivity contribution in [3.05, 3.63) is 65.7 Å². The van der Waals surface area contributed by atoms with Crippen LogP contribution in [0.4, 0.5) is 5.69 Å². The Labute approximate surface area is 99.1 Å². The van der Waals surface area contributed by atoms with Crippen molar-refractivity contribution in [2.24, 2.45) is 0 Å². The highest BCUT2D eigenvalue weighted by Crippen LogP contribution is 2.14. The molecule has 0 atom stereocenters. The maximum absolute atomic E-state index is 12.1. The van der Waals surface area contributed by atoms with Crippen LogP contribution in [0.3, 0.4) is 0 Å². The number of rotatable bonds is 4. The molecule has 3 heteroatoms. The Morgan fingerprint density at radius 1 is 0.941 bits per heavy atom. The van der Waals surface area contributed by atoms with Crippen molar-refractivity contribution in [2.45, 2.75) is 0 Å². The van der Waals surface area contributed by atoms with Gasteiger partial charge in [0.2, 0.25) is 6.41 Å². The van der Waals surface area contributed by atoms with Gasteiger partial charge in [-0.25, -0.2) is 0 Å². The molecule has 0 saturated carbocycles. The van der Waals surface area contributed by atoms with Crippen LogP contribution in [-0.4, -0.2) is 12.2 Å². The molecule has 0 fully saturated rings. The van der Waals surface area contributed by atoms with Crippen LogP contribution >= 0.6 is 0 Å². The summed E-state index contributed by atoms with van der Waals surface area (Å²) in [5.41, 5.74) is 1.81. The molecule has 2 rings (SSSR count). The van der Waals surface area contributed by atoms with E-state index < -0.39 is 0 Å². The molecule has 0 aliphatic heterocycles. The lowest BCUT2D eigenvalue weighted by atomic mass is 10.0. The van der Waals surface area contributed by atoms with Crippen molar-refractivity contribution in [1.82, 2.24) is 0 Å². The molecular formula is C14H11NO2. The highest BCUT2D eigenvalue weighted by molar-refractivity contribution is 6.09. The summed E-state index contributed by atoms with van der Waals surface area (Å²) in [6.45, 7) is 0. The first-order valence-electron chi connectivity index (χ1n) is 5.21. The highest BCUT2D eigenvalue weighted by Gasteiger charge is 2.08. The predicted octanol–water partition coefficient (Wildman–Crippen LogP) is 2.49. The third-order valence-corrected chi connectivity index (χ3v) is 2.39. The van der Waals surface area contributed by atoms with Crippen LogP contribution < -0.4 is 5.32 Å². The SMILES string of the molecule is O=CNc1cccc(C(=O)c2ccccc2)c1. The second kappa shape index (κ2) is 5.07. The van der Waals surface area contributed by atoms with E-state index in [1.807, 2.05) is 18.2 Å². The van der Waals surface area contributed by atoms with Gasteiger partial charge in [-0.1, -0.05) is 42.5 Å². The van der Waals surface area contributed by atoms with E-state index in [4.69, 9.17) is 0 Å². The van der Waals surface area contributed by atoms with Gasteiger partial charge >= 0.3 is 0 Å². The molecule has 0 aromatic heterocycles. The minimum Gasteiger partial charge on any atom is -0.329 e. The maximum atomic E-state index is 12.1. The average Bonchev–Trinajstić information content (AvgIpc) is 2.40. The van der Waals surface area contributed by atoms with E-state index in [1.165, 1.54) is 0 Å². The molecule has 84 valence electrons. The first-order chi connectivity index (χ1) is 8.31. The molecule has 1 N–H and O–H groups in total. The summed E-state index contributed by atoms with van der Waals surface area (Å²) >= 11 is 0. The van der Waals surface area contributed by atoms with Gasteiger partial charge in [0, 0.05) is 16.8 Å². The Bertz CT molecular complexity index is 535. The average molecular weight is 225 g/mol. The molecule has 3 nitrogen and oxygen atoms in total. The maximum Gasteiger partial charge on any atom is 0.211 e. The van der Waals surface area contributed by atoms with E-state index in [2.05, 4.69) is 5.32 Å². The molecule has 0 saturated heterocycles. The fraction of sp³-hybridized carbons (Fsp3) is 0. The van der Waals surface area contributed by atoms with E-state index in [0.717, 1.165) is 0 Å². The van der Waals surface area contributed by atoms with Crippen molar-refractivity contribution >= 4 is 17.9 Å². The van der Waals surface area contributed by atoms with Crippen LogP contribution in [-0.2, 0) is 4.79 Å². The Morgan fingerprint density at radius 3 is 2.35 bits per heavy atom. The second-order valence-electron chi connectivity index (χ2n) is 3.54. The number of carbonyl (C=O) groups excluding carboxylic acids is 2. The first kappa shape index (κ1) is 11.1. The number of hydrogen-bond acceptors (Lipinski definition) is 2. The van der Waals surface area contributed by atoms with E-state index in [1.54, 1.807) is 36.4 Å². The van der Waals surface area contributed by atoms with Crippen LogP contribution in [0.25, 0.3) is 0 Å². The van der Waals surface area contributed by atoms with Crippen molar-refractivity contribution in [3.8, 4) is 0 Å². The van der Waals surface area contributed by atoms with Gasteiger partial charge in [0.15, 0.2) is 5.78 Å². The van der Waals surface area contributed by atoms with Crippen LogP contribution in [0.5, 0.6) is 0 Å². The molecule has 2 aromatic rings. The minimum absolute atomic E-state index is 0.0554. The zero-order valence-electron chi connectivity index (χ0n) is 9.09. The predicted molar refractivity (Wildman–Crippen MR) is 66.0 cm³/mol. The molecule has 0 bridgehead atoms. The highest BCUT2D eigenvalue weighted by atomic mass is 16.1. The van der Waals surface area contributed by atoms with Crippen LogP contribution in [0.2, 0.25) is 0 Å². The second-order valence-corrected chi connectivity index (χ2v) is 3.54. The van der Waals surface area contributed by atoms with Crippen molar-refractivity contribution in [3.63, 3.8) is 0 Å². The van der Waals surface area contributed by atoms with Gasteiger partial charge in [-0.2, -0.15) is 0 Å². The van der Waals surface area contributed by atoms with Crippen molar-refractivity contribution in [2.75, 3.05) is 5.32 Å². The van der Waals surface area contributed by atoms with Gasteiger partial charge < -0.3 is 5.32 Å². The molecule has 0 aliphatic carbocycles. The van der Waals surface area contributed by atoms with Crippen LogP contribution in [0.1, 0.15) is 15.9 Å².